The first-order chi connectivity index (χ1) is 11.3. The van der Waals surface area contributed by atoms with Gasteiger partial charge < -0.3 is 4.57 Å². The van der Waals surface area contributed by atoms with Gasteiger partial charge in [-0.3, -0.25) is 9.20 Å². The third-order valence-electron chi connectivity index (χ3n) is 4.48. The van der Waals surface area contributed by atoms with Crippen LogP contribution in [-0.4, -0.2) is 18.9 Å². The second-order valence-corrected chi connectivity index (χ2v) is 7.44. The van der Waals surface area contributed by atoms with Crippen LogP contribution in [0.3, 0.4) is 0 Å². The van der Waals surface area contributed by atoms with E-state index in [4.69, 9.17) is 11.6 Å². The molecule has 0 fully saturated rings. The maximum atomic E-state index is 12.7. The third-order valence-corrected chi connectivity index (χ3v) is 4.66. The summed E-state index contributed by atoms with van der Waals surface area (Å²) in [6.45, 7) is 6.50. The summed E-state index contributed by atoms with van der Waals surface area (Å²) in [6, 6.07) is 8.00. The lowest BCUT2D eigenvalue weighted by Gasteiger charge is -2.20. The van der Waals surface area contributed by atoms with Crippen LogP contribution >= 0.6 is 11.6 Å². The molecule has 3 heterocycles. The molecular formula is C18H17ClN4O. The van der Waals surface area contributed by atoms with E-state index >= 15 is 0 Å². The SMILES string of the molecule is Cn1c(=O)c2cc3cnc(Cl)nc3n2c2cc(C(C)(C)C)ccc21. The number of aryl methyl sites for hydroxylation is 1. The number of hydrogen-bond donors (Lipinski definition) is 0. The number of fused-ring (bicyclic) bond motifs is 5. The van der Waals surface area contributed by atoms with E-state index in [2.05, 4.69) is 42.9 Å². The summed E-state index contributed by atoms with van der Waals surface area (Å²) in [5.74, 6) is 0. The van der Waals surface area contributed by atoms with E-state index in [0.29, 0.717) is 11.2 Å². The van der Waals surface area contributed by atoms with Crippen LogP contribution in [0.1, 0.15) is 26.3 Å². The predicted octanol–water partition coefficient (Wildman–Crippen LogP) is 3.69. The van der Waals surface area contributed by atoms with Gasteiger partial charge in [-0.05, 0) is 40.8 Å². The second kappa shape index (κ2) is 4.80. The highest BCUT2D eigenvalue weighted by molar-refractivity contribution is 6.28. The average molecular weight is 341 g/mol. The number of rotatable bonds is 0. The molecule has 4 rings (SSSR count). The van der Waals surface area contributed by atoms with Crippen LogP contribution < -0.4 is 5.56 Å². The van der Waals surface area contributed by atoms with E-state index in [1.54, 1.807) is 17.8 Å². The lowest BCUT2D eigenvalue weighted by molar-refractivity contribution is 0.590. The van der Waals surface area contributed by atoms with E-state index in [0.717, 1.165) is 16.4 Å². The molecule has 24 heavy (non-hydrogen) atoms. The lowest BCUT2D eigenvalue weighted by Crippen LogP contribution is -2.20. The smallest absolute Gasteiger partial charge is 0.275 e. The second-order valence-electron chi connectivity index (χ2n) is 7.10. The topological polar surface area (TPSA) is 52.2 Å². The van der Waals surface area contributed by atoms with Gasteiger partial charge in [0.2, 0.25) is 5.28 Å². The minimum Gasteiger partial charge on any atom is -0.308 e. The van der Waals surface area contributed by atoms with Gasteiger partial charge in [-0.2, -0.15) is 4.98 Å². The minimum atomic E-state index is -0.0693. The van der Waals surface area contributed by atoms with Gasteiger partial charge in [0.1, 0.15) is 11.2 Å². The quantitative estimate of drug-likeness (QED) is 0.459. The molecule has 0 amide bonds. The molecule has 6 heteroatoms. The monoisotopic (exact) mass is 340 g/mol. The van der Waals surface area contributed by atoms with Gasteiger partial charge in [0.25, 0.3) is 5.56 Å². The van der Waals surface area contributed by atoms with Crippen molar-refractivity contribution in [3.8, 4) is 0 Å². The van der Waals surface area contributed by atoms with Crippen molar-refractivity contribution in [2.75, 3.05) is 0 Å². The molecule has 0 spiro atoms. The van der Waals surface area contributed by atoms with Crippen molar-refractivity contribution in [3.63, 3.8) is 0 Å². The highest BCUT2D eigenvalue weighted by Crippen LogP contribution is 2.28. The Morgan fingerprint density at radius 2 is 1.83 bits per heavy atom. The molecule has 1 aromatic carbocycles. The summed E-state index contributed by atoms with van der Waals surface area (Å²) in [4.78, 5) is 21.1. The Hall–Kier alpha value is -2.40. The fourth-order valence-corrected chi connectivity index (χ4v) is 3.23. The van der Waals surface area contributed by atoms with Crippen molar-refractivity contribution in [2.45, 2.75) is 26.2 Å². The van der Waals surface area contributed by atoms with Crippen LogP contribution in [0.15, 0.2) is 35.3 Å². The summed E-state index contributed by atoms with van der Waals surface area (Å²) in [7, 11) is 1.79. The molecule has 0 saturated carbocycles. The molecule has 0 aliphatic rings. The molecule has 0 atom stereocenters. The molecule has 0 bridgehead atoms. The van der Waals surface area contributed by atoms with Crippen LogP contribution in [0, 0.1) is 0 Å². The standard InChI is InChI=1S/C18H17ClN4O/c1-18(2,3)11-5-6-12-13(8-11)23-14(16(24)22(12)4)7-10-9-20-17(19)21-15(10)23/h5-9H,1-4H3. The zero-order valence-electron chi connectivity index (χ0n) is 14.0. The summed E-state index contributed by atoms with van der Waals surface area (Å²) in [6.07, 6.45) is 1.65. The van der Waals surface area contributed by atoms with Gasteiger partial charge in [-0.15, -0.1) is 0 Å². The molecule has 0 radical (unpaired) electrons. The first-order valence-electron chi connectivity index (χ1n) is 7.74. The van der Waals surface area contributed by atoms with Crippen LogP contribution in [0.2, 0.25) is 5.28 Å². The zero-order chi connectivity index (χ0) is 17.2. The van der Waals surface area contributed by atoms with Crippen molar-refractivity contribution in [2.24, 2.45) is 7.05 Å². The molecule has 0 aliphatic carbocycles. The first kappa shape index (κ1) is 15.1. The molecule has 5 nitrogen and oxygen atoms in total. The third kappa shape index (κ3) is 2.04. The molecule has 0 N–H and O–H groups in total. The van der Waals surface area contributed by atoms with Crippen molar-refractivity contribution in [1.82, 2.24) is 18.9 Å². The molecule has 3 aromatic heterocycles. The van der Waals surface area contributed by atoms with E-state index in [-0.39, 0.29) is 16.3 Å². The Labute approximate surface area is 143 Å². The van der Waals surface area contributed by atoms with Gasteiger partial charge in [-0.1, -0.05) is 26.8 Å². The van der Waals surface area contributed by atoms with Gasteiger partial charge in [0.15, 0.2) is 0 Å². The number of nitrogens with zero attached hydrogens (tertiary/aromatic N) is 4. The lowest BCUT2D eigenvalue weighted by atomic mass is 9.87. The van der Waals surface area contributed by atoms with E-state index in [1.807, 2.05) is 16.5 Å². The molecular weight excluding hydrogens is 324 g/mol. The summed E-state index contributed by atoms with van der Waals surface area (Å²) in [5, 5.41) is 0.966. The molecule has 0 aliphatic heterocycles. The Balaban J connectivity index is 2.31. The number of aromatic nitrogens is 4. The average Bonchev–Trinajstić information content (AvgIpc) is 2.90. The maximum Gasteiger partial charge on any atom is 0.275 e. The first-order valence-corrected chi connectivity index (χ1v) is 8.12. The molecule has 0 saturated heterocycles. The zero-order valence-corrected chi connectivity index (χ0v) is 14.7. The fraction of sp³-hybridized carbons (Fsp3) is 0.278. The Morgan fingerprint density at radius 3 is 2.54 bits per heavy atom. The van der Waals surface area contributed by atoms with E-state index in [9.17, 15) is 4.79 Å². The number of halogens is 1. The molecule has 0 unspecified atom stereocenters. The summed E-state index contributed by atoms with van der Waals surface area (Å²) in [5.41, 5.74) is 4.14. The van der Waals surface area contributed by atoms with Gasteiger partial charge >= 0.3 is 0 Å². The molecule has 122 valence electrons. The summed E-state index contributed by atoms with van der Waals surface area (Å²) < 4.78 is 3.56. The fourth-order valence-electron chi connectivity index (χ4n) is 3.10. The Kier molecular flexibility index (Phi) is 3.03. The number of benzene rings is 1. The predicted molar refractivity (Wildman–Crippen MR) is 97.0 cm³/mol. The van der Waals surface area contributed by atoms with Gasteiger partial charge in [-0.25, -0.2) is 4.98 Å². The maximum absolute atomic E-state index is 12.7. The Bertz CT molecular complexity index is 1180. The Morgan fingerprint density at radius 1 is 1.08 bits per heavy atom. The van der Waals surface area contributed by atoms with Crippen LogP contribution in [0.5, 0.6) is 0 Å². The van der Waals surface area contributed by atoms with E-state index < -0.39 is 0 Å². The highest BCUT2D eigenvalue weighted by atomic mass is 35.5. The van der Waals surface area contributed by atoms with Gasteiger partial charge in [0.05, 0.1) is 11.0 Å². The largest absolute Gasteiger partial charge is 0.308 e. The van der Waals surface area contributed by atoms with Crippen LogP contribution in [-0.2, 0) is 12.5 Å². The van der Waals surface area contributed by atoms with Crippen molar-refractivity contribution in [3.05, 3.63) is 51.7 Å². The summed E-state index contributed by atoms with van der Waals surface area (Å²) >= 11 is 5.98. The van der Waals surface area contributed by atoms with Crippen molar-refractivity contribution >= 4 is 39.2 Å². The van der Waals surface area contributed by atoms with Gasteiger partial charge in [0, 0.05) is 18.6 Å². The van der Waals surface area contributed by atoms with E-state index in [1.165, 1.54) is 5.56 Å². The minimum absolute atomic E-state index is 0.00477. The van der Waals surface area contributed by atoms with Crippen molar-refractivity contribution < 1.29 is 0 Å². The molecule has 4 aromatic rings. The van der Waals surface area contributed by atoms with Crippen LogP contribution in [0.25, 0.3) is 27.6 Å². The highest BCUT2D eigenvalue weighted by Gasteiger charge is 2.18. The van der Waals surface area contributed by atoms with Crippen molar-refractivity contribution in [1.29, 1.82) is 0 Å². The van der Waals surface area contributed by atoms with Crippen LogP contribution in [0.4, 0.5) is 0 Å². The normalized spacial score (nSPS) is 12.5. The number of hydrogen-bond acceptors (Lipinski definition) is 3.